The highest BCUT2D eigenvalue weighted by Crippen LogP contribution is 2.55. The first-order chi connectivity index (χ1) is 15.3. The van der Waals surface area contributed by atoms with E-state index in [0.29, 0.717) is 6.61 Å². The van der Waals surface area contributed by atoms with E-state index in [2.05, 4.69) is 103 Å². The standard InChI is InChI=1S/C28H28O2P/c1-2-30-28(29)23-15-4-3-5-16-24-31(25-17-9-6-10-18-25,26-19-11-7-12-20-26)27-21-13-8-14-22-27/h3-23H,2,24H2,1H3/q+1/b4-3+,16-5+,23-15+. The smallest absolute Gasteiger partial charge is 0.330 e. The molecule has 3 rings (SSSR count). The normalized spacial score (nSPS) is 12.0. The summed E-state index contributed by atoms with van der Waals surface area (Å²) < 4.78 is 4.89. The molecule has 0 N–H and O–H groups in total. The molecule has 0 aromatic heterocycles. The number of benzene rings is 3. The van der Waals surface area contributed by atoms with Crippen LogP contribution >= 0.6 is 7.26 Å². The van der Waals surface area contributed by atoms with Crippen LogP contribution in [-0.2, 0) is 9.53 Å². The van der Waals surface area contributed by atoms with Crippen LogP contribution in [0.25, 0.3) is 0 Å². The quantitative estimate of drug-likeness (QED) is 0.203. The van der Waals surface area contributed by atoms with E-state index in [1.165, 1.54) is 22.0 Å². The second kappa shape index (κ2) is 11.8. The Morgan fingerprint density at radius 3 is 1.61 bits per heavy atom. The van der Waals surface area contributed by atoms with Gasteiger partial charge in [0, 0.05) is 6.08 Å². The van der Waals surface area contributed by atoms with Crippen molar-refractivity contribution in [1.29, 1.82) is 0 Å². The summed E-state index contributed by atoms with van der Waals surface area (Å²) in [6, 6.07) is 32.5. The molecule has 156 valence electrons. The molecule has 0 radical (unpaired) electrons. The minimum Gasteiger partial charge on any atom is -0.463 e. The Bertz CT molecular complexity index is 926. The van der Waals surface area contributed by atoms with Gasteiger partial charge in [-0.25, -0.2) is 4.79 Å². The molecule has 0 unspecified atom stereocenters. The van der Waals surface area contributed by atoms with Crippen LogP contribution in [0.3, 0.4) is 0 Å². The van der Waals surface area contributed by atoms with E-state index in [0.717, 1.165) is 6.16 Å². The maximum absolute atomic E-state index is 11.4. The average Bonchev–Trinajstić information content (AvgIpc) is 2.83. The number of ether oxygens (including phenoxy) is 1. The van der Waals surface area contributed by atoms with E-state index < -0.39 is 7.26 Å². The van der Waals surface area contributed by atoms with Crippen molar-refractivity contribution in [3.63, 3.8) is 0 Å². The molecule has 3 heteroatoms. The lowest BCUT2D eigenvalue weighted by molar-refractivity contribution is -0.137. The fourth-order valence-corrected chi connectivity index (χ4v) is 7.57. The molecule has 3 aromatic carbocycles. The number of rotatable bonds is 9. The fourth-order valence-electron chi connectivity index (χ4n) is 3.56. The Balaban J connectivity index is 1.94. The molecule has 0 aliphatic heterocycles. The molecular formula is C28H28O2P+. The molecule has 0 amide bonds. The molecule has 0 bridgehead atoms. The van der Waals surface area contributed by atoms with Crippen molar-refractivity contribution >= 4 is 29.1 Å². The molecule has 0 atom stereocenters. The summed E-state index contributed by atoms with van der Waals surface area (Å²) in [5.41, 5.74) is 0. The van der Waals surface area contributed by atoms with Gasteiger partial charge in [-0.15, -0.1) is 0 Å². The van der Waals surface area contributed by atoms with Crippen molar-refractivity contribution in [3.8, 4) is 0 Å². The number of carbonyl (C=O) groups excluding carboxylic acids is 1. The number of carbonyl (C=O) groups is 1. The summed E-state index contributed by atoms with van der Waals surface area (Å²) in [7, 11) is -1.85. The Kier molecular flexibility index (Phi) is 8.58. The zero-order valence-corrected chi connectivity index (χ0v) is 18.7. The molecule has 0 fully saturated rings. The maximum Gasteiger partial charge on any atom is 0.330 e. The zero-order valence-electron chi connectivity index (χ0n) is 17.8. The van der Waals surface area contributed by atoms with Gasteiger partial charge in [0.1, 0.15) is 23.2 Å². The Morgan fingerprint density at radius 2 is 1.16 bits per heavy atom. The number of hydrogen-bond acceptors (Lipinski definition) is 2. The molecule has 0 saturated carbocycles. The molecule has 0 spiro atoms. The summed E-state index contributed by atoms with van der Waals surface area (Å²) in [5.74, 6) is -0.321. The minimum absolute atomic E-state index is 0.321. The lowest BCUT2D eigenvalue weighted by atomic mass is 10.3. The Morgan fingerprint density at radius 1 is 0.710 bits per heavy atom. The predicted molar refractivity (Wildman–Crippen MR) is 134 cm³/mol. The summed E-state index contributed by atoms with van der Waals surface area (Å²) in [6.07, 6.45) is 12.1. The average molecular weight is 428 g/mol. The van der Waals surface area contributed by atoms with Gasteiger partial charge in [-0.05, 0) is 49.4 Å². The van der Waals surface area contributed by atoms with Gasteiger partial charge in [0.2, 0.25) is 0 Å². The second-order valence-corrected chi connectivity index (χ2v) is 10.5. The van der Waals surface area contributed by atoms with Gasteiger partial charge >= 0.3 is 5.97 Å². The van der Waals surface area contributed by atoms with Crippen molar-refractivity contribution in [3.05, 3.63) is 127 Å². The van der Waals surface area contributed by atoms with Crippen LogP contribution in [0.2, 0.25) is 0 Å². The van der Waals surface area contributed by atoms with Crippen molar-refractivity contribution in [1.82, 2.24) is 0 Å². The molecule has 31 heavy (non-hydrogen) atoms. The highest BCUT2D eigenvalue weighted by molar-refractivity contribution is 7.95. The van der Waals surface area contributed by atoms with Crippen molar-refractivity contribution in [2.75, 3.05) is 12.8 Å². The molecule has 0 heterocycles. The molecular weight excluding hydrogens is 399 g/mol. The monoisotopic (exact) mass is 427 g/mol. The van der Waals surface area contributed by atoms with Gasteiger partial charge in [0.25, 0.3) is 0 Å². The highest BCUT2D eigenvalue weighted by Gasteiger charge is 2.43. The van der Waals surface area contributed by atoms with E-state index in [9.17, 15) is 4.79 Å². The van der Waals surface area contributed by atoms with Gasteiger partial charge in [0.05, 0.1) is 12.8 Å². The topological polar surface area (TPSA) is 26.3 Å². The predicted octanol–water partition coefficient (Wildman–Crippen LogP) is 5.21. The van der Waals surface area contributed by atoms with Crippen LogP contribution in [0.4, 0.5) is 0 Å². The summed E-state index contributed by atoms with van der Waals surface area (Å²) in [4.78, 5) is 11.4. The first-order valence-electron chi connectivity index (χ1n) is 10.5. The number of esters is 1. The van der Waals surface area contributed by atoms with Gasteiger partial charge in [-0.3, -0.25) is 0 Å². The van der Waals surface area contributed by atoms with Crippen LogP contribution in [0.15, 0.2) is 127 Å². The summed E-state index contributed by atoms with van der Waals surface area (Å²) in [5, 5.41) is 4.09. The largest absolute Gasteiger partial charge is 0.463 e. The van der Waals surface area contributed by atoms with Crippen LogP contribution in [0.5, 0.6) is 0 Å². The molecule has 0 aliphatic rings. The van der Waals surface area contributed by atoms with E-state index in [-0.39, 0.29) is 5.97 Å². The molecule has 0 saturated heterocycles. The molecule has 2 nitrogen and oxygen atoms in total. The van der Waals surface area contributed by atoms with Gasteiger partial charge < -0.3 is 4.74 Å². The van der Waals surface area contributed by atoms with Crippen molar-refractivity contribution in [2.45, 2.75) is 6.92 Å². The summed E-state index contributed by atoms with van der Waals surface area (Å²) >= 11 is 0. The Labute approximate surface area is 185 Å². The van der Waals surface area contributed by atoms with Gasteiger partial charge in [-0.1, -0.05) is 78.9 Å². The third-order valence-electron chi connectivity index (χ3n) is 4.96. The van der Waals surface area contributed by atoms with E-state index >= 15 is 0 Å². The van der Waals surface area contributed by atoms with Gasteiger partial charge in [0.15, 0.2) is 0 Å². The lowest BCUT2D eigenvalue weighted by Gasteiger charge is -2.26. The second-order valence-electron chi connectivity index (χ2n) is 6.92. The first-order valence-corrected chi connectivity index (χ1v) is 12.5. The minimum atomic E-state index is -1.85. The van der Waals surface area contributed by atoms with E-state index in [1.54, 1.807) is 13.0 Å². The van der Waals surface area contributed by atoms with E-state index in [4.69, 9.17) is 4.74 Å². The van der Waals surface area contributed by atoms with E-state index in [1.807, 2.05) is 12.2 Å². The Hall–Kier alpha value is -3.22. The summed E-state index contributed by atoms with van der Waals surface area (Å²) in [6.45, 7) is 2.18. The van der Waals surface area contributed by atoms with Crippen molar-refractivity contribution < 1.29 is 9.53 Å². The lowest BCUT2D eigenvalue weighted by Crippen LogP contribution is -2.32. The number of hydrogen-bond donors (Lipinski definition) is 0. The SMILES string of the molecule is CCOC(=O)/C=C/C=C/C=C/C[P+](c1ccccc1)(c1ccccc1)c1ccccc1. The third kappa shape index (κ3) is 5.90. The van der Waals surface area contributed by atoms with Crippen LogP contribution in [0.1, 0.15) is 6.92 Å². The third-order valence-corrected chi connectivity index (χ3v) is 9.26. The van der Waals surface area contributed by atoms with Crippen molar-refractivity contribution in [2.24, 2.45) is 0 Å². The van der Waals surface area contributed by atoms with Crippen LogP contribution in [0, 0.1) is 0 Å². The zero-order chi connectivity index (χ0) is 21.8. The first kappa shape index (κ1) is 22.5. The van der Waals surface area contributed by atoms with Crippen LogP contribution in [-0.4, -0.2) is 18.7 Å². The fraction of sp³-hybridized carbons (Fsp3) is 0.107. The molecule has 3 aromatic rings. The van der Waals surface area contributed by atoms with Gasteiger partial charge in [-0.2, -0.15) is 0 Å². The highest BCUT2D eigenvalue weighted by atomic mass is 31.2. The molecule has 0 aliphatic carbocycles. The number of allylic oxidation sites excluding steroid dienone is 5. The maximum atomic E-state index is 11.4. The van der Waals surface area contributed by atoms with Crippen LogP contribution < -0.4 is 15.9 Å².